The summed E-state index contributed by atoms with van der Waals surface area (Å²) in [6.07, 6.45) is 10.9. The number of amides is 1. The van der Waals surface area contributed by atoms with E-state index in [2.05, 4.69) is 17.3 Å². The van der Waals surface area contributed by atoms with Crippen molar-refractivity contribution in [3.63, 3.8) is 0 Å². The molecule has 23 heavy (non-hydrogen) atoms. The molecule has 2 aromatic rings. The maximum Gasteiger partial charge on any atom is 0.256 e. The van der Waals surface area contributed by atoms with Crippen LogP contribution in [0.2, 0.25) is 0 Å². The van der Waals surface area contributed by atoms with Gasteiger partial charge in [-0.25, -0.2) is 0 Å². The van der Waals surface area contributed by atoms with Gasteiger partial charge in [-0.2, -0.15) is 5.10 Å². The van der Waals surface area contributed by atoms with Crippen LogP contribution in [-0.2, 0) is 7.05 Å². The zero-order valence-electron chi connectivity index (χ0n) is 13.8. The number of aromatic nitrogens is 3. The Balaban J connectivity index is 1.52. The van der Waals surface area contributed by atoms with Gasteiger partial charge >= 0.3 is 0 Å². The van der Waals surface area contributed by atoms with Crippen LogP contribution in [0.4, 0.5) is 0 Å². The van der Waals surface area contributed by atoms with Gasteiger partial charge in [-0.05, 0) is 56.1 Å². The Morgan fingerprint density at radius 1 is 1.30 bits per heavy atom. The molecule has 2 fully saturated rings. The molecule has 2 aliphatic rings. The van der Waals surface area contributed by atoms with Crippen molar-refractivity contribution < 1.29 is 4.79 Å². The largest absolute Gasteiger partial charge is 0.349 e. The van der Waals surface area contributed by atoms with Crippen LogP contribution in [0, 0.1) is 17.8 Å². The molecule has 2 bridgehead atoms. The first-order valence-electron chi connectivity index (χ1n) is 8.59. The molecule has 0 saturated heterocycles. The second kappa shape index (κ2) is 5.55. The fourth-order valence-corrected chi connectivity index (χ4v) is 4.67. The van der Waals surface area contributed by atoms with Crippen LogP contribution < -0.4 is 5.32 Å². The van der Waals surface area contributed by atoms with E-state index in [-0.39, 0.29) is 11.9 Å². The Labute approximate surface area is 136 Å². The van der Waals surface area contributed by atoms with Crippen LogP contribution in [0.3, 0.4) is 0 Å². The third-order valence-corrected chi connectivity index (χ3v) is 5.79. The number of nitrogens with zero attached hydrogens (tertiary/aromatic N) is 3. The van der Waals surface area contributed by atoms with Gasteiger partial charge in [0.25, 0.3) is 5.91 Å². The lowest BCUT2D eigenvalue weighted by Gasteiger charge is -2.28. The van der Waals surface area contributed by atoms with Gasteiger partial charge in [0.2, 0.25) is 0 Å². The Morgan fingerprint density at radius 2 is 2.09 bits per heavy atom. The third kappa shape index (κ3) is 2.48. The molecule has 4 rings (SSSR count). The lowest BCUT2D eigenvalue weighted by Crippen LogP contribution is -2.40. The minimum atomic E-state index is -0.0166. The quantitative estimate of drug-likeness (QED) is 0.944. The molecule has 0 aromatic carbocycles. The standard InChI is InChI=1S/C18H24N4O/c1-12(15-10-13-5-6-14(15)9-13)20-17(23)16-11-19-21(2)18(16)22-7-3-4-8-22/h3-4,7-8,11-15H,5-6,9-10H2,1-2H3,(H,20,23). The van der Waals surface area contributed by atoms with Crippen molar-refractivity contribution in [2.75, 3.05) is 0 Å². The maximum absolute atomic E-state index is 12.8. The van der Waals surface area contributed by atoms with Gasteiger partial charge < -0.3 is 9.88 Å². The minimum Gasteiger partial charge on any atom is -0.349 e. The molecule has 2 saturated carbocycles. The fraction of sp³-hybridized carbons (Fsp3) is 0.556. The molecule has 0 spiro atoms. The summed E-state index contributed by atoms with van der Waals surface area (Å²) in [5, 5.41) is 7.50. The first-order chi connectivity index (χ1) is 11.1. The molecule has 5 heteroatoms. The molecule has 2 heterocycles. The smallest absolute Gasteiger partial charge is 0.256 e. The van der Waals surface area contributed by atoms with Crippen LogP contribution in [0.1, 0.15) is 43.0 Å². The highest BCUT2D eigenvalue weighted by molar-refractivity contribution is 5.97. The molecule has 122 valence electrons. The number of aryl methyl sites for hydroxylation is 1. The van der Waals surface area contributed by atoms with E-state index in [9.17, 15) is 4.79 Å². The Kier molecular flexibility index (Phi) is 3.51. The topological polar surface area (TPSA) is 51.9 Å². The van der Waals surface area contributed by atoms with Crippen molar-refractivity contribution in [2.45, 2.75) is 38.6 Å². The molecule has 1 N–H and O–H groups in total. The van der Waals surface area contributed by atoms with Crippen molar-refractivity contribution in [1.82, 2.24) is 19.7 Å². The van der Waals surface area contributed by atoms with Crippen LogP contribution in [0.15, 0.2) is 30.7 Å². The van der Waals surface area contributed by atoms with Gasteiger partial charge in [-0.15, -0.1) is 0 Å². The Bertz CT molecular complexity index is 703. The van der Waals surface area contributed by atoms with Crippen molar-refractivity contribution in [3.8, 4) is 5.82 Å². The first-order valence-corrected chi connectivity index (χ1v) is 8.59. The summed E-state index contributed by atoms with van der Waals surface area (Å²) < 4.78 is 3.68. The van der Waals surface area contributed by atoms with E-state index in [4.69, 9.17) is 0 Å². The predicted octanol–water partition coefficient (Wildman–Crippen LogP) is 2.77. The minimum absolute atomic E-state index is 0.0166. The molecule has 0 radical (unpaired) electrons. The summed E-state index contributed by atoms with van der Waals surface area (Å²) in [5.74, 6) is 3.15. The molecular formula is C18H24N4O. The summed E-state index contributed by atoms with van der Waals surface area (Å²) in [7, 11) is 1.87. The van der Waals surface area contributed by atoms with Gasteiger partial charge in [0.1, 0.15) is 11.4 Å². The number of hydrogen-bond acceptors (Lipinski definition) is 2. The van der Waals surface area contributed by atoms with Crippen LogP contribution in [0.5, 0.6) is 0 Å². The molecule has 5 nitrogen and oxygen atoms in total. The highest BCUT2D eigenvalue weighted by atomic mass is 16.1. The lowest BCUT2D eigenvalue weighted by atomic mass is 9.84. The normalized spacial score (nSPS) is 27.3. The number of rotatable bonds is 4. The van der Waals surface area contributed by atoms with Crippen molar-refractivity contribution in [3.05, 3.63) is 36.3 Å². The number of carbonyl (C=O) groups is 1. The van der Waals surface area contributed by atoms with Crippen molar-refractivity contribution in [2.24, 2.45) is 24.8 Å². The van der Waals surface area contributed by atoms with E-state index in [1.165, 1.54) is 25.7 Å². The SMILES string of the molecule is CC(NC(=O)c1cnn(C)c1-n1cccc1)C1CC2CCC1C2. The zero-order chi connectivity index (χ0) is 16.0. The second-order valence-electron chi connectivity index (χ2n) is 7.20. The Morgan fingerprint density at radius 3 is 2.74 bits per heavy atom. The lowest BCUT2D eigenvalue weighted by molar-refractivity contribution is 0.0915. The predicted molar refractivity (Wildman–Crippen MR) is 88.4 cm³/mol. The van der Waals surface area contributed by atoms with Crippen LogP contribution in [0.25, 0.3) is 5.82 Å². The van der Waals surface area contributed by atoms with E-state index in [1.54, 1.807) is 10.9 Å². The number of carbonyl (C=O) groups excluding carboxylic acids is 1. The van der Waals surface area contributed by atoms with Crippen LogP contribution in [-0.4, -0.2) is 26.3 Å². The van der Waals surface area contributed by atoms with Crippen LogP contribution >= 0.6 is 0 Å². The molecule has 4 unspecified atom stereocenters. The number of nitrogens with one attached hydrogen (secondary N) is 1. The summed E-state index contributed by atoms with van der Waals surface area (Å²) in [6, 6.07) is 4.13. The summed E-state index contributed by atoms with van der Waals surface area (Å²) in [6.45, 7) is 2.16. The van der Waals surface area contributed by atoms with E-state index in [0.717, 1.165) is 17.7 Å². The first kappa shape index (κ1) is 14.5. The summed E-state index contributed by atoms with van der Waals surface area (Å²) in [5.41, 5.74) is 0.638. The van der Waals surface area contributed by atoms with E-state index < -0.39 is 0 Å². The average Bonchev–Trinajstić information content (AvgIpc) is 3.30. The summed E-state index contributed by atoms with van der Waals surface area (Å²) >= 11 is 0. The molecule has 2 aromatic heterocycles. The fourth-order valence-electron chi connectivity index (χ4n) is 4.67. The Hall–Kier alpha value is -2.04. The molecular weight excluding hydrogens is 288 g/mol. The van der Waals surface area contributed by atoms with Gasteiger partial charge in [-0.3, -0.25) is 9.48 Å². The maximum atomic E-state index is 12.8. The molecule has 1 amide bonds. The summed E-state index contributed by atoms with van der Waals surface area (Å²) in [4.78, 5) is 12.8. The molecule has 2 aliphatic carbocycles. The van der Waals surface area contributed by atoms with Gasteiger partial charge in [0.05, 0.1) is 6.20 Å². The second-order valence-corrected chi connectivity index (χ2v) is 7.20. The van der Waals surface area contributed by atoms with E-state index >= 15 is 0 Å². The van der Waals surface area contributed by atoms with E-state index in [0.29, 0.717) is 11.5 Å². The van der Waals surface area contributed by atoms with Gasteiger partial charge in [0, 0.05) is 25.5 Å². The van der Waals surface area contributed by atoms with Gasteiger partial charge in [0.15, 0.2) is 0 Å². The monoisotopic (exact) mass is 312 g/mol. The number of hydrogen-bond donors (Lipinski definition) is 1. The zero-order valence-corrected chi connectivity index (χ0v) is 13.8. The van der Waals surface area contributed by atoms with Gasteiger partial charge in [-0.1, -0.05) is 6.42 Å². The molecule has 0 aliphatic heterocycles. The highest BCUT2D eigenvalue weighted by Crippen LogP contribution is 2.49. The third-order valence-electron chi connectivity index (χ3n) is 5.79. The van der Waals surface area contributed by atoms with Crippen molar-refractivity contribution in [1.29, 1.82) is 0 Å². The molecule has 4 atom stereocenters. The highest BCUT2D eigenvalue weighted by Gasteiger charge is 2.42. The van der Waals surface area contributed by atoms with Crippen molar-refractivity contribution >= 4 is 5.91 Å². The average molecular weight is 312 g/mol. The van der Waals surface area contributed by atoms with E-state index in [1.807, 2.05) is 36.1 Å². The number of fused-ring (bicyclic) bond motifs is 2.